The number of carboxylic acid groups (broad SMARTS) is 1. The molecule has 3 aromatic rings. The normalized spacial score (nSPS) is 13.9. The third kappa shape index (κ3) is 5.92. The van der Waals surface area contributed by atoms with E-state index < -0.39 is 5.97 Å². The highest BCUT2D eigenvalue weighted by Crippen LogP contribution is 2.40. The number of hydrogen-bond donors (Lipinski definition) is 1. The van der Waals surface area contributed by atoms with Crippen LogP contribution in [0, 0.1) is 0 Å². The topological polar surface area (TPSA) is 71.8 Å². The van der Waals surface area contributed by atoms with Gasteiger partial charge in [-0.2, -0.15) is 0 Å². The number of aromatic nitrogens is 1. The second kappa shape index (κ2) is 12.6. The summed E-state index contributed by atoms with van der Waals surface area (Å²) in [6, 6.07) is 13.1. The van der Waals surface area contributed by atoms with Crippen molar-refractivity contribution in [1.29, 1.82) is 0 Å². The van der Waals surface area contributed by atoms with E-state index in [-0.39, 0.29) is 23.9 Å². The van der Waals surface area contributed by atoms with Gasteiger partial charge in [-0.25, -0.2) is 4.79 Å². The standard InChI is InChI=1S/C26H30N2O4.C4H10/c1-4-17(2)24-21-12-9-19(26(30)31)15-22(21)28(16-23(29)27-13-5-6-14-27)25(24)18-7-10-20(32-3)11-8-18;1-3-4-2/h7-12,15,17H,4-6,13-14,16H2,1-3H3,(H,30,31);3-4H2,1-2H3. The number of benzene rings is 2. The van der Waals surface area contributed by atoms with Gasteiger partial charge in [0.05, 0.1) is 23.9 Å². The molecule has 6 nitrogen and oxygen atoms in total. The lowest BCUT2D eigenvalue weighted by Gasteiger charge is -2.19. The monoisotopic (exact) mass is 492 g/mol. The molecule has 4 rings (SSSR count). The van der Waals surface area contributed by atoms with Crippen molar-refractivity contribution in [2.75, 3.05) is 20.2 Å². The van der Waals surface area contributed by atoms with E-state index in [4.69, 9.17) is 4.74 Å². The van der Waals surface area contributed by atoms with Crippen molar-refractivity contribution < 1.29 is 19.4 Å². The number of fused-ring (bicyclic) bond motifs is 1. The largest absolute Gasteiger partial charge is 0.497 e. The first kappa shape index (κ1) is 27.3. The molecule has 36 heavy (non-hydrogen) atoms. The minimum absolute atomic E-state index is 0.0746. The molecule has 1 atom stereocenters. The number of amides is 1. The summed E-state index contributed by atoms with van der Waals surface area (Å²) in [5.41, 5.74) is 4.13. The van der Waals surface area contributed by atoms with Crippen molar-refractivity contribution >= 4 is 22.8 Å². The second-order valence-electron chi connectivity index (χ2n) is 9.51. The second-order valence-corrected chi connectivity index (χ2v) is 9.51. The van der Waals surface area contributed by atoms with Crippen molar-refractivity contribution in [3.63, 3.8) is 0 Å². The molecule has 0 spiro atoms. The minimum atomic E-state index is -0.971. The van der Waals surface area contributed by atoms with E-state index >= 15 is 0 Å². The van der Waals surface area contributed by atoms with Gasteiger partial charge in [0.25, 0.3) is 0 Å². The van der Waals surface area contributed by atoms with Crippen LogP contribution < -0.4 is 4.74 Å². The van der Waals surface area contributed by atoms with E-state index in [1.807, 2.05) is 39.8 Å². The predicted octanol–water partition coefficient (Wildman–Crippen LogP) is 6.96. The van der Waals surface area contributed by atoms with E-state index in [0.717, 1.165) is 65.8 Å². The number of carbonyl (C=O) groups excluding carboxylic acids is 1. The molecule has 1 aliphatic heterocycles. The van der Waals surface area contributed by atoms with Gasteiger partial charge < -0.3 is 19.3 Å². The summed E-state index contributed by atoms with van der Waals surface area (Å²) >= 11 is 0. The van der Waals surface area contributed by atoms with Crippen molar-refractivity contribution in [3.8, 4) is 17.0 Å². The molecule has 2 aromatic carbocycles. The Hall–Kier alpha value is -3.28. The Kier molecular flexibility index (Phi) is 9.57. The van der Waals surface area contributed by atoms with Crippen molar-refractivity contribution in [2.24, 2.45) is 0 Å². The molecular weight excluding hydrogens is 452 g/mol. The highest BCUT2D eigenvalue weighted by molar-refractivity contribution is 5.99. The fraction of sp³-hybridized carbons (Fsp3) is 0.467. The van der Waals surface area contributed by atoms with E-state index in [1.165, 1.54) is 12.8 Å². The molecule has 0 radical (unpaired) electrons. The van der Waals surface area contributed by atoms with Gasteiger partial charge in [-0.05, 0) is 72.7 Å². The summed E-state index contributed by atoms with van der Waals surface area (Å²) < 4.78 is 7.35. The first-order valence-electron chi connectivity index (χ1n) is 13.2. The van der Waals surface area contributed by atoms with Crippen LogP contribution in [0.1, 0.15) is 81.6 Å². The number of likely N-dealkylation sites (tertiary alicyclic amines) is 1. The lowest BCUT2D eigenvalue weighted by molar-refractivity contribution is -0.130. The Morgan fingerprint density at radius 2 is 1.64 bits per heavy atom. The summed E-state index contributed by atoms with van der Waals surface area (Å²) in [5, 5.41) is 10.6. The molecular formula is C30H40N2O4. The van der Waals surface area contributed by atoms with E-state index in [9.17, 15) is 14.7 Å². The summed E-state index contributed by atoms with van der Waals surface area (Å²) in [6.07, 6.45) is 5.64. The Morgan fingerprint density at radius 1 is 1.00 bits per heavy atom. The van der Waals surface area contributed by atoms with Crippen LogP contribution in [0.2, 0.25) is 0 Å². The number of methoxy groups -OCH3 is 1. The molecule has 1 amide bonds. The summed E-state index contributed by atoms with van der Waals surface area (Å²) in [5.74, 6) is 0.114. The Bertz CT molecular complexity index is 1170. The fourth-order valence-corrected chi connectivity index (χ4v) is 4.64. The van der Waals surface area contributed by atoms with Gasteiger partial charge in [0.1, 0.15) is 12.3 Å². The van der Waals surface area contributed by atoms with Crippen LogP contribution in [0.15, 0.2) is 42.5 Å². The first-order chi connectivity index (χ1) is 17.4. The van der Waals surface area contributed by atoms with Crippen LogP contribution in [-0.4, -0.2) is 46.6 Å². The zero-order valence-corrected chi connectivity index (χ0v) is 22.3. The van der Waals surface area contributed by atoms with E-state index in [2.05, 4.69) is 27.7 Å². The SMILES string of the molecule is CCC(C)c1c(-c2ccc(OC)cc2)n(CC(=O)N2CCCC2)c2cc(C(=O)O)ccc12.CCCC. The third-order valence-corrected chi connectivity index (χ3v) is 7.07. The van der Waals surface area contributed by atoms with Crippen LogP contribution in [0.4, 0.5) is 0 Å². The molecule has 0 saturated carbocycles. The van der Waals surface area contributed by atoms with Gasteiger partial charge in [0.15, 0.2) is 0 Å². The number of carboxylic acids is 1. The van der Waals surface area contributed by atoms with E-state index in [1.54, 1.807) is 19.2 Å². The minimum Gasteiger partial charge on any atom is -0.497 e. The number of unbranched alkanes of at least 4 members (excludes halogenated alkanes) is 1. The van der Waals surface area contributed by atoms with Gasteiger partial charge in [-0.15, -0.1) is 0 Å². The maximum absolute atomic E-state index is 13.2. The molecule has 1 N–H and O–H groups in total. The maximum Gasteiger partial charge on any atom is 0.335 e. The molecule has 1 aromatic heterocycles. The maximum atomic E-state index is 13.2. The summed E-state index contributed by atoms with van der Waals surface area (Å²) in [6.45, 7) is 10.5. The van der Waals surface area contributed by atoms with Crippen LogP contribution >= 0.6 is 0 Å². The van der Waals surface area contributed by atoms with Gasteiger partial charge >= 0.3 is 5.97 Å². The number of hydrogen-bond acceptors (Lipinski definition) is 3. The van der Waals surface area contributed by atoms with Crippen molar-refractivity contribution in [2.45, 2.75) is 72.3 Å². The lowest BCUT2D eigenvalue weighted by atomic mass is 9.92. The average molecular weight is 493 g/mol. The lowest BCUT2D eigenvalue weighted by Crippen LogP contribution is -2.31. The molecule has 6 heteroatoms. The molecule has 194 valence electrons. The molecule has 2 heterocycles. The highest BCUT2D eigenvalue weighted by Gasteiger charge is 2.26. The highest BCUT2D eigenvalue weighted by atomic mass is 16.5. The Morgan fingerprint density at radius 3 is 2.17 bits per heavy atom. The molecule has 0 bridgehead atoms. The van der Waals surface area contributed by atoms with E-state index in [0.29, 0.717) is 0 Å². The van der Waals surface area contributed by atoms with Crippen LogP contribution in [0.5, 0.6) is 5.75 Å². The molecule has 1 aliphatic rings. The fourth-order valence-electron chi connectivity index (χ4n) is 4.64. The van der Waals surface area contributed by atoms with Crippen LogP contribution in [0.25, 0.3) is 22.2 Å². The van der Waals surface area contributed by atoms with Crippen LogP contribution in [0.3, 0.4) is 0 Å². The third-order valence-electron chi connectivity index (χ3n) is 7.07. The van der Waals surface area contributed by atoms with Crippen molar-refractivity contribution in [3.05, 3.63) is 53.6 Å². The predicted molar refractivity (Wildman–Crippen MR) is 146 cm³/mol. The number of nitrogens with zero attached hydrogens (tertiary/aromatic N) is 2. The molecule has 1 saturated heterocycles. The first-order valence-corrected chi connectivity index (χ1v) is 13.2. The Labute approximate surface area is 214 Å². The molecule has 0 aliphatic carbocycles. The number of rotatable bonds is 8. The van der Waals surface area contributed by atoms with Gasteiger partial charge in [-0.3, -0.25) is 4.79 Å². The number of carbonyl (C=O) groups is 2. The smallest absolute Gasteiger partial charge is 0.335 e. The van der Waals surface area contributed by atoms with Crippen molar-refractivity contribution in [1.82, 2.24) is 9.47 Å². The summed E-state index contributed by atoms with van der Waals surface area (Å²) in [7, 11) is 1.64. The zero-order chi connectivity index (χ0) is 26.2. The quantitative estimate of drug-likeness (QED) is 0.369. The van der Waals surface area contributed by atoms with Gasteiger partial charge in [0.2, 0.25) is 5.91 Å². The Balaban J connectivity index is 0.000000840. The summed E-state index contributed by atoms with van der Waals surface area (Å²) in [4.78, 5) is 26.8. The average Bonchev–Trinajstić information content (AvgIpc) is 3.55. The number of aromatic carboxylic acids is 1. The van der Waals surface area contributed by atoms with Gasteiger partial charge in [0, 0.05) is 18.5 Å². The molecule has 1 unspecified atom stereocenters. The molecule has 1 fully saturated rings. The van der Waals surface area contributed by atoms with Gasteiger partial charge in [-0.1, -0.05) is 46.6 Å². The number of ether oxygens (including phenoxy) is 1. The van der Waals surface area contributed by atoms with Crippen LogP contribution in [-0.2, 0) is 11.3 Å². The zero-order valence-electron chi connectivity index (χ0n) is 22.3.